The highest BCUT2D eigenvalue weighted by molar-refractivity contribution is 7.17. The number of carbonyl (C=O) groups excluding carboxylic acids is 1. The molecule has 1 N–H and O–H groups in total. The summed E-state index contributed by atoms with van der Waals surface area (Å²) in [5.41, 5.74) is 0.894. The number of amides is 1. The van der Waals surface area contributed by atoms with Crippen LogP contribution in [0.4, 0.5) is 0 Å². The number of carbonyl (C=O) groups is 1. The van der Waals surface area contributed by atoms with Gasteiger partial charge in [-0.1, -0.05) is 25.6 Å². The van der Waals surface area contributed by atoms with Crippen molar-refractivity contribution in [2.24, 2.45) is 0 Å². The Kier molecular flexibility index (Phi) is 7.23. The molecule has 0 aliphatic heterocycles. The summed E-state index contributed by atoms with van der Waals surface area (Å²) in [4.78, 5) is 20.3. The SMILES string of the molecule is C=CN(/C=C\CC)CCCNC(=O)c1ccc(-c2ccccn2)s1. The third kappa shape index (κ3) is 5.35. The van der Waals surface area contributed by atoms with Crippen LogP contribution in [0, 0.1) is 0 Å². The van der Waals surface area contributed by atoms with E-state index in [4.69, 9.17) is 0 Å². The maximum absolute atomic E-state index is 12.2. The van der Waals surface area contributed by atoms with Gasteiger partial charge in [0.05, 0.1) is 15.4 Å². The largest absolute Gasteiger partial charge is 0.355 e. The summed E-state index contributed by atoms with van der Waals surface area (Å²) in [6.45, 7) is 7.36. The van der Waals surface area contributed by atoms with E-state index < -0.39 is 0 Å². The molecule has 0 bridgehead atoms. The Balaban J connectivity index is 1.80. The average molecular weight is 341 g/mol. The van der Waals surface area contributed by atoms with Crippen LogP contribution in [-0.4, -0.2) is 28.9 Å². The fraction of sp³-hybridized carbons (Fsp3) is 0.263. The molecular formula is C19H23N3OS. The molecule has 0 fully saturated rings. The van der Waals surface area contributed by atoms with Gasteiger partial charge in [0.25, 0.3) is 5.91 Å². The first-order chi connectivity index (χ1) is 11.7. The van der Waals surface area contributed by atoms with Crippen LogP contribution < -0.4 is 5.32 Å². The third-order valence-electron chi connectivity index (χ3n) is 3.39. The molecule has 0 aromatic carbocycles. The zero-order valence-electron chi connectivity index (χ0n) is 13.9. The second kappa shape index (κ2) is 9.67. The van der Waals surface area contributed by atoms with E-state index in [9.17, 15) is 4.79 Å². The minimum atomic E-state index is -0.0311. The number of hydrogen-bond acceptors (Lipinski definition) is 4. The molecule has 126 valence electrons. The lowest BCUT2D eigenvalue weighted by Gasteiger charge is -2.14. The molecule has 2 rings (SSSR count). The number of thiophene rings is 1. The first kappa shape index (κ1) is 17.9. The first-order valence-corrected chi connectivity index (χ1v) is 8.90. The van der Waals surface area contributed by atoms with E-state index in [1.54, 1.807) is 12.4 Å². The van der Waals surface area contributed by atoms with Crippen LogP contribution >= 0.6 is 11.3 Å². The molecule has 1 amide bonds. The Morgan fingerprint density at radius 3 is 2.96 bits per heavy atom. The van der Waals surface area contributed by atoms with Gasteiger partial charge in [-0.05, 0) is 49.5 Å². The molecule has 24 heavy (non-hydrogen) atoms. The lowest BCUT2D eigenvalue weighted by molar-refractivity contribution is 0.0957. The lowest BCUT2D eigenvalue weighted by atomic mass is 10.3. The minimum absolute atomic E-state index is 0.0311. The van der Waals surface area contributed by atoms with E-state index in [-0.39, 0.29) is 5.91 Å². The van der Waals surface area contributed by atoms with E-state index in [1.165, 1.54) is 11.3 Å². The van der Waals surface area contributed by atoms with Crippen molar-refractivity contribution in [3.63, 3.8) is 0 Å². The molecule has 2 heterocycles. The molecule has 0 unspecified atom stereocenters. The Morgan fingerprint density at radius 2 is 2.25 bits per heavy atom. The zero-order chi connectivity index (χ0) is 17.2. The summed E-state index contributed by atoms with van der Waals surface area (Å²) in [7, 11) is 0. The summed E-state index contributed by atoms with van der Waals surface area (Å²) in [6.07, 6.45) is 9.53. The highest BCUT2D eigenvalue weighted by Crippen LogP contribution is 2.26. The maximum atomic E-state index is 12.2. The van der Waals surface area contributed by atoms with Crippen molar-refractivity contribution in [3.8, 4) is 10.6 Å². The molecule has 4 nitrogen and oxygen atoms in total. The summed E-state index contributed by atoms with van der Waals surface area (Å²) in [5.74, 6) is -0.0311. The van der Waals surface area contributed by atoms with Gasteiger partial charge in [-0.3, -0.25) is 9.78 Å². The number of pyridine rings is 1. The standard InChI is InChI=1S/C19H23N3OS/c1-3-5-14-22(4-2)15-8-13-21-19(23)18-11-10-17(24-18)16-9-6-7-12-20-16/h4-7,9-12,14H,2-3,8,13,15H2,1H3,(H,21,23)/b14-5-. The number of nitrogens with zero attached hydrogens (tertiary/aromatic N) is 2. The van der Waals surface area contributed by atoms with E-state index in [1.807, 2.05) is 41.4 Å². The molecule has 0 saturated heterocycles. The monoisotopic (exact) mass is 341 g/mol. The first-order valence-electron chi connectivity index (χ1n) is 8.09. The molecule has 2 aromatic heterocycles. The summed E-state index contributed by atoms with van der Waals surface area (Å²) >= 11 is 1.46. The molecule has 0 aliphatic rings. The van der Waals surface area contributed by atoms with Gasteiger partial charge in [0, 0.05) is 19.3 Å². The Bertz CT molecular complexity index is 679. The molecular weight excluding hydrogens is 318 g/mol. The molecule has 0 aliphatic carbocycles. The van der Waals surface area contributed by atoms with Crippen LogP contribution in [0.25, 0.3) is 10.6 Å². The zero-order valence-corrected chi connectivity index (χ0v) is 14.8. The Morgan fingerprint density at radius 1 is 1.38 bits per heavy atom. The normalized spacial score (nSPS) is 10.7. The van der Waals surface area contributed by atoms with Gasteiger partial charge in [0.2, 0.25) is 0 Å². The second-order valence-electron chi connectivity index (χ2n) is 5.20. The van der Waals surface area contributed by atoms with E-state index in [0.717, 1.165) is 30.0 Å². The van der Waals surface area contributed by atoms with E-state index >= 15 is 0 Å². The predicted octanol–water partition coefficient (Wildman–Crippen LogP) is 4.30. The number of aromatic nitrogens is 1. The predicted molar refractivity (Wildman–Crippen MR) is 101 cm³/mol. The average Bonchev–Trinajstić information content (AvgIpc) is 3.12. The summed E-state index contributed by atoms with van der Waals surface area (Å²) in [5, 5.41) is 2.97. The van der Waals surface area contributed by atoms with Crippen LogP contribution in [0.15, 0.2) is 61.6 Å². The van der Waals surface area contributed by atoms with Gasteiger partial charge in [0.15, 0.2) is 0 Å². The summed E-state index contributed by atoms with van der Waals surface area (Å²) in [6, 6.07) is 9.56. The third-order valence-corrected chi connectivity index (χ3v) is 4.50. The fourth-order valence-electron chi connectivity index (χ4n) is 2.12. The second-order valence-corrected chi connectivity index (χ2v) is 6.29. The van der Waals surface area contributed by atoms with Crippen molar-refractivity contribution in [3.05, 3.63) is 66.5 Å². The van der Waals surface area contributed by atoms with Crippen molar-refractivity contribution < 1.29 is 4.79 Å². The molecule has 0 spiro atoms. The lowest BCUT2D eigenvalue weighted by Crippen LogP contribution is -2.26. The Hall–Kier alpha value is -2.40. The van der Waals surface area contributed by atoms with Gasteiger partial charge in [-0.25, -0.2) is 0 Å². The van der Waals surface area contributed by atoms with Crippen LogP contribution in [0.5, 0.6) is 0 Å². The fourth-order valence-corrected chi connectivity index (χ4v) is 3.02. The van der Waals surface area contributed by atoms with Crippen LogP contribution in [-0.2, 0) is 0 Å². The van der Waals surface area contributed by atoms with Crippen LogP contribution in [0.2, 0.25) is 0 Å². The molecule has 0 radical (unpaired) electrons. The molecule has 0 atom stereocenters. The van der Waals surface area contributed by atoms with Crippen LogP contribution in [0.3, 0.4) is 0 Å². The summed E-state index contributed by atoms with van der Waals surface area (Å²) < 4.78 is 0. The maximum Gasteiger partial charge on any atom is 0.261 e. The van der Waals surface area contributed by atoms with Gasteiger partial charge in [-0.15, -0.1) is 11.3 Å². The van der Waals surface area contributed by atoms with Crippen molar-refractivity contribution >= 4 is 17.2 Å². The molecule has 5 heteroatoms. The van der Waals surface area contributed by atoms with Crippen molar-refractivity contribution in [2.75, 3.05) is 13.1 Å². The van der Waals surface area contributed by atoms with Crippen molar-refractivity contribution in [1.29, 1.82) is 0 Å². The van der Waals surface area contributed by atoms with Crippen LogP contribution in [0.1, 0.15) is 29.4 Å². The van der Waals surface area contributed by atoms with Gasteiger partial charge >= 0.3 is 0 Å². The highest BCUT2D eigenvalue weighted by Gasteiger charge is 2.10. The number of hydrogen-bond donors (Lipinski definition) is 1. The quantitative estimate of drug-likeness (QED) is 0.692. The van der Waals surface area contributed by atoms with Gasteiger partial charge < -0.3 is 10.2 Å². The van der Waals surface area contributed by atoms with Gasteiger partial charge in [-0.2, -0.15) is 0 Å². The van der Waals surface area contributed by atoms with Gasteiger partial charge in [0.1, 0.15) is 0 Å². The molecule has 2 aromatic rings. The molecule has 0 saturated carbocycles. The smallest absolute Gasteiger partial charge is 0.261 e. The Labute approximate surface area is 147 Å². The number of rotatable bonds is 9. The topological polar surface area (TPSA) is 45.2 Å². The number of nitrogens with one attached hydrogen (secondary N) is 1. The van der Waals surface area contributed by atoms with E-state index in [0.29, 0.717) is 11.4 Å². The van der Waals surface area contributed by atoms with Crippen molar-refractivity contribution in [1.82, 2.24) is 15.2 Å². The minimum Gasteiger partial charge on any atom is -0.355 e. The van der Waals surface area contributed by atoms with Crippen molar-refractivity contribution in [2.45, 2.75) is 19.8 Å². The highest BCUT2D eigenvalue weighted by atomic mass is 32.1. The van der Waals surface area contributed by atoms with E-state index in [2.05, 4.69) is 29.9 Å². The number of allylic oxidation sites excluding steroid dienone is 1.